The quantitative estimate of drug-likeness (QED) is 0.903. The van der Waals surface area contributed by atoms with Crippen molar-refractivity contribution in [2.75, 3.05) is 31.1 Å². The Kier molecular flexibility index (Phi) is 5.95. The molecule has 108 valence electrons. The molecule has 0 radical (unpaired) electrons. The van der Waals surface area contributed by atoms with Gasteiger partial charge in [-0.3, -0.25) is 0 Å². The monoisotopic (exact) mass is 284 g/mol. The summed E-state index contributed by atoms with van der Waals surface area (Å²) in [6.07, 6.45) is 1.20. The van der Waals surface area contributed by atoms with Gasteiger partial charge in [-0.2, -0.15) is 0 Å². The van der Waals surface area contributed by atoms with E-state index in [2.05, 4.69) is 49.2 Å². The van der Waals surface area contributed by atoms with Gasteiger partial charge in [0.1, 0.15) is 11.4 Å². The van der Waals surface area contributed by atoms with Crippen LogP contribution < -0.4 is 15.0 Å². The molecule has 1 aromatic carbocycles. The molecule has 4 heteroatoms. The number of hydrogen-bond donors (Lipinski definition) is 1. The smallest absolute Gasteiger partial charge is 0.122 e. The predicted octanol–water partition coefficient (Wildman–Crippen LogP) is 3.09. The average Bonchev–Trinajstić information content (AvgIpc) is 2.55. The Bertz CT molecular complexity index is 382. The van der Waals surface area contributed by atoms with Crippen LogP contribution in [0.4, 0.5) is 5.69 Å². The summed E-state index contributed by atoms with van der Waals surface area (Å²) in [5, 5.41) is 3.43. The van der Waals surface area contributed by atoms with E-state index >= 15 is 0 Å². The highest BCUT2D eigenvalue weighted by molar-refractivity contribution is 5.85. The number of benzene rings is 1. The fourth-order valence-corrected chi connectivity index (χ4v) is 2.20. The van der Waals surface area contributed by atoms with E-state index in [-0.39, 0.29) is 18.0 Å². The molecule has 1 aliphatic heterocycles. The molecular weight excluding hydrogens is 260 g/mol. The van der Waals surface area contributed by atoms with E-state index in [1.165, 1.54) is 12.1 Å². The predicted molar refractivity (Wildman–Crippen MR) is 83.8 cm³/mol. The summed E-state index contributed by atoms with van der Waals surface area (Å²) in [5.41, 5.74) is 1.12. The Hall–Kier alpha value is -0.930. The maximum atomic E-state index is 5.92. The lowest BCUT2D eigenvalue weighted by molar-refractivity contribution is 0.131. The normalized spacial score (nSPS) is 16.5. The molecule has 2 rings (SSSR count). The van der Waals surface area contributed by atoms with Crippen molar-refractivity contribution in [1.82, 2.24) is 5.32 Å². The largest absolute Gasteiger partial charge is 0.488 e. The van der Waals surface area contributed by atoms with E-state index in [1.807, 2.05) is 6.07 Å². The van der Waals surface area contributed by atoms with Gasteiger partial charge in [-0.15, -0.1) is 12.4 Å². The summed E-state index contributed by atoms with van der Waals surface area (Å²) >= 11 is 0. The molecule has 3 nitrogen and oxygen atoms in total. The van der Waals surface area contributed by atoms with Crippen molar-refractivity contribution in [2.24, 2.45) is 0 Å². The SMILES string of the molecule is CC(C)(C)Oc1cccc(N2CCCNCC2)c1.Cl. The highest BCUT2D eigenvalue weighted by atomic mass is 35.5. The average molecular weight is 285 g/mol. The first-order valence-corrected chi connectivity index (χ1v) is 6.79. The molecule has 1 heterocycles. The van der Waals surface area contributed by atoms with Gasteiger partial charge in [-0.25, -0.2) is 0 Å². The molecule has 0 aromatic heterocycles. The van der Waals surface area contributed by atoms with Gasteiger partial charge >= 0.3 is 0 Å². The van der Waals surface area contributed by atoms with Crippen molar-refractivity contribution in [3.05, 3.63) is 24.3 Å². The molecule has 19 heavy (non-hydrogen) atoms. The maximum absolute atomic E-state index is 5.92. The zero-order valence-corrected chi connectivity index (χ0v) is 12.9. The molecule has 0 unspecified atom stereocenters. The van der Waals surface area contributed by atoms with Crippen molar-refractivity contribution in [1.29, 1.82) is 0 Å². The van der Waals surface area contributed by atoms with Gasteiger partial charge in [-0.1, -0.05) is 6.07 Å². The van der Waals surface area contributed by atoms with E-state index in [1.54, 1.807) is 0 Å². The number of nitrogens with one attached hydrogen (secondary N) is 1. The summed E-state index contributed by atoms with van der Waals surface area (Å²) in [6, 6.07) is 8.43. The topological polar surface area (TPSA) is 24.5 Å². The number of halogens is 1. The highest BCUT2D eigenvalue weighted by Gasteiger charge is 2.14. The molecule has 1 fully saturated rings. The molecule has 0 aliphatic carbocycles. The summed E-state index contributed by atoms with van der Waals surface area (Å²) in [6.45, 7) is 10.6. The summed E-state index contributed by atoms with van der Waals surface area (Å²) < 4.78 is 5.92. The minimum atomic E-state index is -0.140. The molecule has 1 aliphatic rings. The minimum absolute atomic E-state index is 0. The lowest BCUT2D eigenvalue weighted by Crippen LogP contribution is -2.28. The third kappa shape index (κ3) is 5.29. The number of nitrogens with zero attached hydrogens (tertiary/aromatic N) is 1. The van der Waals surface area contributed by atoms with E-state index in [9.17, 15) is 0 Å². The van der Waals surface area contributed by atoms with Crippen molar-refractivity contribution < 1.29 is 4.74 Å². The van der Waals surface area contributed by atoms with Gasteiger partial charge < -0.3 is 15.0 Å². The Labute approximate surface area is 122 Å². The zero-order valence-electron chi connectivity index (χ0n) is 12.1. The minimum Gasteiger partial charge on any atom is -0.488 e. The van der Waals surface area contributed by atoms with Crippen LogP contribution in [0.2, 0.25) is 0 Å². The molecule has 0 amide bonds. The molecule has 0 saturated carbocycles. The molecule has 0 bridgehead atoms. The fourth-order valence-electron chi connectivity index (χ4n) is 2.20. The summed E-state index contributed by atoms with van der Waals surface area (Å²) in [7, 11) is 0. The Morgan fingerprint density at radius 1 is 1.16 bits per heavy atom. The second-order valence-electron chi connectivity index (χ2n) is 5.80. The van der Waals surface area contributed by atoms with Gasteiger partial charge in [0.05, 0.1) is 0 Å². The molecule has 1 aromatic rings. The molecule has 0 atom stereocenters. The van der Waals surface area contributed by atoms with Crippen molar-refractivity contribution >= 4 is 18.1 Å². The first kappa shape index (κ1) is 16.1. The number of hydrogen-bond acceptors (Lipinski definition) is 3. The van der Waals surface area contributed by atoms with Crippen molar-refractivity contribution in [3.8, 4) is 5.75 Å². The molecule has 1 saturated heterocycles. The van der Waals surface area contributed by atoms with Crippen LogP contribution in [0.5, 0.6) is 5.75 Å². The summed E-state index contributed by atoms with van der Waals surface area (Å²) in [5.74, 6) is 0.956. The van der Waals surface area contributed by atoms with Crippen LogP contribution in [0.25, 0.3) is 0 Å². The van der Waals surface area contributed by atoms with Crippen LogP contribution in [0.3, 0.4) is 0 Å². The van der Waals surface area contributed by atoms with Crippen LogP contribution in [0.1, 0.15) is 27.2 Å². The van der Waals surface area contributed by atoms with E-state index in [4.69, 9.17) is 4.74 Å². The summed E-state index contributed by atoms with van der Waals surface area (Å²) in [4.78, 5) is 2.43. The van der Waals surface area contributed by atoms with E-state index < -0.39 is 0 Å². The maximum Gasteiger partial charge on any atom is 0.122 e. The third-order valence-corrected chi connectivity index (χ3v) is 2.95. The molecule has 1 N–H and O–H groups in total. The van der Waals surface area contributed by atoms with Crippen LogP contribution in [-0.4, -0.2) is 31.8 Å². The lowest BCUT2D eigenvalue weighted by atomic mass is 10.2. The van der Waals surface area contributed by atoms with Crippen LogP contribution in [0.15, 0.2) is 24.3 Å². The molecular formula is C15H25ClN2O. The van der Waals surface area contributed by atoms with Gasteiger partial charge in [0.2, 0.25) is 0 Å². The van der Waals surface area contributed by atoms with Crippen molar-refractivity contribution in [2.45, 2.75) is 32.8 Å². The second-order valence-corrected chi connectivity index (χ2v) is 5.80. The van der Waals surface area contributed by atoms with Crippen LogP contribution in [0, 0.1) is 0 Å². The van der Waals surface area contributed by atoms with E-state index in [0.29, 0.717) is 0 Å². The Morgan fingerprint density at radius 2 is 1.95 bits per heavy atom. The lowest BCUT2D eigenvalue weighted by Gasteiger charge is -2.25. The van der Waals surface area contributed by atoms with Gasteiger partial charge in [0.25, 0.3) is 0 Å². The van der Waals surface area contributed by atoms with Crippen LogP contribution in [-0.2, 0) is 0 Å². The standard InChI is InChI=1S/C15H24N2O.ClH/c1-15(2,3)18-14-7-4-6-13(12-14)17-10-5-8-16-9-11-17;/h4,6-7,12,16H,5,8-11H2,1-3H3;1H. The third-order valence-electron chi connectivity index (χ3n) is 2.95. The Morgan fingerprint density at radius 3 is 2.68 bits per heavy atom. The number of anilines is 1. The fraction of sp³-hybridized carbons (Fsp3) is 0.600. The highest BCUT2D eigenvalue weighted by Crippen LogP contribution is 2.24. The Balaban J connectivity index is 0.00000180. The number of rotatable bonds is 2. The van der Waals surface area contributed by atoms with E-state index in [0.717, 1.165) is 31.9 Å². The van der Waals surface area contributed by atoms with Gasteiger partial charge in [0.15, 0.2) is 0 Å². The second kappa shape index (κ2) is 7.01. The first-order valence-electron chi connectivity index (χ1n) is 6.79. The van der Waals surface area contributed by atoms with Gasteiger partial charge in [-0.05, 0) is 45.9 Å². The number of ether oxygens (including phenoxy) is 1. The van der Waals surface area contributed by atoms with Gasteiger partial charge in [0, 0.05) is 31.4 Å². The molecule has 0 spiro atoms. The zero-order chi connectivity index (χ0) is 13.0. The van der Waals surface area contributed by atoms with Crippen molar-refractivity contribution in [3.63, 3.8) is 0 Å². The first-order chi connectivity index (χ1) is 8.54. The van der Waals surface area contributed by atoms with Crippen LogP contribution >= 0.6 is 12.4 Å².